The van der Waals surface area contributed by atoms with Gasteiger partial charge in [0.1, 0.15) is 0 Å². The van der Waals surface area contributed by atoms with Crippen molar-refractivity contribution in [3.05, 3.63) is 63.9 Å². The fourth-order valence-corrected chi connectivity index (χ4v) is 2.42. The highest BCUT2D eigenvalue weighted by atomic mass is 79.9. The van der Waals surface area contributed by atoms with E-state index in [0.29, 0.717) is 6.42 Å². The van der Waals surface area contributed by atoms with E-state index in [-0.39, 0.29) is 0 Å². The lowest BCUT2D eigenvalue weighted by Gasteiger charge is -2.12. The Morgan fingerprint density at radius 1 is 1.29 bits per heavy atom. The van der Waals surface area contributed by atoms with Gasteiger partial charge in [-0.3, -0.25) is 4.98 Å². The Balaban J connectivity index is 2.17. The third kappa shape index (κ3) is 3.38. The Morgan fingerprint density at radius 3 is 2.76 bits per heavy atom. The van der Waals surface area contributed by atoms with Gasteiger partial charge in [-0.1, -0.05) is 28.1 Å². The first-order valence-electron chi connectivity index (χ1n) is 5.50. The van der Waals surface area contributed by atoms with Crippen LogP contribution in [0.15, 0.2) is 47.1 Å². The minimum atomic E-state index is -0.513. The van der Waals surface area contributed by atoms with Crippen LogP contribution in [0, 0.1) is 6.92 Å². The fraction of sp³-hybridized carbons (Fsp3) is 0.214. The number of hydrogen-bond acceptors (Lipinski definition) is 2. The van der Waals surface area contributed by atoms with Crippen LogP contribution in [0.2, 0.25) is 0 Å². The number of halogens is 1. The fourth-order valence-electron chi connectivity index (χ4n) is 1.79. The lowest BCUT2D eigenvalue weighted by molar-refractivity contribution is 0.177. The molecule has 1 atom stereocenters. The summed E-state index contributed by atoms with van der Waals surface area (Å²) in [5.41, 5.74) is 2.95. The first-order chi connectivity index (χ1) is 8.15. The van der Waals surface area contributed by atoms with Crippen molar-refractivity contribution >= 4 is 15.9 Å². The second-order valence-electron chi connectivity index (χ2n) is 4.10. The molecule has 0 bridgehead atoms. The van der Waals surface area contributed by atoms with Crippen LogP contribution in [0.25, 0.3) is 0 Å². The molecule has 1 N–H and O–H groups in total. The molecule has 0 saturated carbocycles. The highest BCUT2D eigenvalue weighted by Crippen LogP contribution is 2.22. The molecular formula is C14H14BrNO. The average Bonchev–Trinajstić information content (AvgIpc) is 2.29. The van der Waals surface area contributed by atoms with Gasteiger partial charge in [0.2, 0.25) is 0 Å². The van der Waals surface area contributed by atoms with Crippen LogP contribution in [0.4, 0.5) is 0 Å². The highest BCUT2D eigenvalue weighted by molar-refractivity contribution is 9.10. The van der Waals surface area contributed by atoms with Gasteiger partial charge >= 0.3 is 0 Å². The topological polar surface area (TPSA) is 33.1 Å². The molecule has 88 valence electrons. The normalized spacial score (nSPS) is 12.4. The molecule has 1 aromatic heterocycles. The molecule has 0 aliphatic heterocycles. The van der Waals surface area contributed by atoms with E-state index in [2.05, 4.69) is 20.9 Å². The summed E-state index contributed by atoms with van der Waals surface area (Å²) in [4.78, 5) is 4.22. The Kier molecular flexibility index (Phi) is 3.92. The Labute approximate surface area is 109 Å². The molecule has 0 saturated heterocycles. The van der Waals surface area contributed by atoms with E-state index in [9.17, 15) is 5.11 Å². The zero-order valence-electron chi connectivity index (χ0n) is 9.60. The van der Waals surface area contributed by atoms with Gasteiger partial charge in [0.25, 0.3) is 0 Å². The van der Waals surface area contributed by atoms with Gasteiger partial charge in [-0.15, -0.1) is 0 Å². The predicted octanol–water partition coefficient (Wildman–Crippen LogP) is 3.43. The minimum absolute atomic E-state index is 0.513. The summed E-state index contributed by atoms with van der Waals surface area (Å²) < 4.78 is 0.993. The number of aromatic nitrogens is 1. The van der Waals surface area contributed by atoms with Crippen LogP contribution in [-0.4, -0.2) is 10.1 Å². The molecule has 2 aromatic rings. The zero-order chi connectivity index (χ0) is 12.3. The van der Waals surface area contributed by atoms with Crippen molar-refractivity contribution in [2.24, 2.45) is 0 Å². The molecule has 1 heterocycles. The summed E-state index contributed by atoms with van der Waals surface area (Å²) in [6.07, 6.45) is 1.77. The lowest BCUT2D eigenvalue weighted by atomic mass is 10.0. The average molecular weight is 292 g/mol. The van der Waals surface area contributed by atoms with E-state index >= 15 is 0 Å². The number of pyridine rings is 1. The largest absolute Gasteiger partial charge is 0.388 e. The Morgan fingerprint density at radius 2 is 2.12 bits per heavy atom. The van der Waals surface area contributed by atoms with Crippen molar-refractivity contribution in [2.45, 2.75) is 19.4 Å². The van der Waals surface area contributed by atoms with Gasteiger partial charge < -0.3 is 5.11 Å². The van der Waals surface area contributed by atoms with Crippen molar-refractivity contribution in [1.29, 1.82) is 0 Å². The third-order valence-electron chi connectivity index (χ3n) is 2.58. The van der Waals surface area contributed by atoms with E-state index in [4.69, 9.17) is 0 Å². The molecule has 0 amide bonds. The van der Waals surface area contributed by atoms with Crippen LogP contribution in [0.3, 0.4) is 0 Å². The maximum absolute atomic E-state index is 10.2. The van der Waals surface area contributed by atoms with E-state index in [1.54, 1.807) is 6.20 Å². The quantitative estimate of drug-likeness (QED) is 0.940. The van der Waals surface area contributed by atoms with Gasteiger partial charge in [0.05, 0.1) is 6.10 Å². The molecule has 17 heavy (non-hydrogen) atoms. The summed E-state index contributed by atoms with van der Waals surface area (Å²) in [6.45, 7) is 2.02. The standard InChI is InChI=1S/C14H14BrNO/c1-10-6-11(8-12(15)7-10)14(17)9-13-4-2-3-5-16-13/h2-8,14,17H,9H2,1H3. The second-order valence-corrected chi connectivity index (χ2v) is 5.02. The smallest absolute Gasteiger partial charge is 0.0845 e. The molecule has 3 heteroatoms. The van der Waals surface area contributed by atoms with Crippen molar-refractivity contribution in [1.82, 2.24) is 4.98 Å². The van der Waals surface area contributed by atoms with Gasteiger partial charge in [-0.25, -0.2) is 0 Å². The molecule has 0 radical (unpaired) electrons. The van der Waals surface area contributed by atoms with Gasteiger partial charge in [0, 0.05) is 22.8 Å². The Bertz CT molecular complexity index is 479. The monoisotopic (exact) mass is 291 g/mol. The second kappa shape index (κ2) is 5.43. The maximum Gasteiger partial charge on any atom is 0.0845 e. The molecule has 0 fully saturated rings. The minimum Gasteiger partial charge on any atom is -0.388 e. The van der Waals surface area contributed by atoms with E-state index in [1.165, 1.54) is 0 Å². The molecule has 0 spiro atoms. The molecule has 0 aliphatic rings. The zero-order valence-corrected chi connectivity index (χ0v) is 11.2. The Hall–Kier alpha value is -1.19. The van der Waals surface area contributed by atoms with Crippen molar-refractivity contribution < 1.29 is 5.11 Å². The maximum atomic E-state index is 10.2. The number of aryl methyl sites for hydroxylation is 1. The number of rotatable bonds is 3. The summed E-state index contributed by atoms with van der Waals surface area (Å²) in [5, 5.41) is 10.2. The molecule has 0 aliphatic carbocycles. The highest BCUT2D eigenvalue weighted by Gasteiger charge is 2.10. The van der Waals surface area contributed by atoms with Gasteiger partial charge in [0.15, 0.2) is 0 Å². The van der Waals surface area contributed by atoms with Crippen LogP contribution >= 0.6 is 15.9 Å². The number of benzene rings is 1. The summed E-state index contributed by atoms with van der Waals surface area (Å²) in [7, 11) is 0. The SMILES string of the molecule is Cc1cc(Br)cc(C(O)Cc2ccccn2)c1. The third-order valence-corrected chi connectivity index (χ3v) is 3.04. The number of nitrogens with zero attached hydrogens (tertiary/aromatic N) is 1. The molecular weight excluding hydrogens is 278 g/mol. The number of aliphatic hydroxyl groups excluding tert-OH is 1. The van der Waals surface area contributed by atoms with Crippen LogP contribution in [0.5, 0.6) is 0 Å². The first kappa shape index (κ1) is 12.3. The van der Waals surface area contributed by atoms with Crippen molar-refractivity contribution in [3.8, 4) is 0 Å². The molecule has 1 aromatic carbocycles. The first-order valence-corrected chi connectivity index (χ1v) is 6.29. The lowest BCUT2D eigenvalue weighted by Crippen LogP contribution is -2.03. The van der Waals surface area contributed by atoms with Crippen molar-refractivity contribution in [3.63, 3.8) is 0 Å². The van der Waals surface area contributed by atoms with Crippen LogP contribution in [0.1, 0.15) is 22.9 Å². The molecule has 1 unspecified atom stereocenters. The summed E-state index contributed by atoms with van der Waals surface area (Å²) in [5.74, 6) is 0. The van der Waals surface area contributed by atoms with Gasteiger partial charge in [-0.2, -0.15) is 0 Å². The van der Waals surface area contributed by atoms with Crippen molar-refractivity contribution in [2.75, 3.05) is 0 Å². The summed E-state index contributed by atoms with van der Waals surface area (Å²) >= 11 is 3.44. The number of aliphatic hydroxyl groups is 1. The van der Waals surface area contributed by atoms with Crippen LogP contribution in [-0.2, 0) is 6.42 Å². The molecule has 2 rings (SSSR count). The number of hydrogen-bond donors (Lipinski definition) is 1. The molecule has 2 nitrogen and oxygen atoms in total. The predicted molar refractivity (Wildman–Crippen MR) is 71.8 cm³/mol. The van der Waals surface area contributed by atoms with E-state index in [0.717, 1.165) is 21.3 Å². The summed E-state index contributed by atoms with van der Waals surface area (Å²) in [6, 6.07) is 11.7. The van der Waals surface area contributed by atoms with E-state index < -0.39 is 6.10 Å². The van der Waals surface area contributed by atoms with E-state index in [1.807, 2.05) is 43.3 Å². The van der Waals surface area contributed by atoms with Gasteiger partial charge in [-0.05, 0) is 42.3 Å². The van der Waals surface area contributed by atoms with Crippen LogP contribution < -0.4 is 0 Å².